The molecule has 14 rings (SSSR count). The first-order valence-electron chi connectivity index (χ1n) is 21.5. The quantitative estimate of drug-likeness (QED) is 0.155. The van der Waals surface area contributed by atoms with Crippen LogP contribution in [0, 0.1) is 0 Å². The fourth-order valence-corrected chi connectivity index (χ4v) is 11.0. The molecule has 0 saturated carbocycles. The highest BCUT2D eigenvalue weighted by Gasteiger charge is 2.26. The second-order valence-electron chi connectivity index (χ2n) is 16.8. The Balaban J connectivity index is 1.13. The van der Waals surface area contributed by atoms with Crippen molar-refractivity contribution < 1.29 is 0 Å². The smallest absolute Gasteiger partial charge is 0.0541 e. The van der Waals surface area contributed by atoms with Gasteiger partial charge in [-0.3, -0.25) is 0 Å². The summed E-state index contributed by atoms with van der Waals surface area (Å²) in [7, 11) is 0. The molecular formula is C60H36N2. The number of para-hydroxylation sites is 4. The first-order chi connectivity index (χ1) is 30.8. The van der Waals surface area contributed by atoms with Crippen LogP contribution in [0.2, 0.25) is 0 Å². The van der Waals surface area contributed by atoms with Gasteiger partial charge < -0.3 is 9.13 Å². The van der Waals surface area contributed by atoms with E-state index < -0.39 is 0 Å². The Morgan fingerprint density at radius 1 is 0.177 bits per heavy atom. The molecular weight excluding hydrogens is 749 g/mol. The molecule has 2 nitrogen and oxygen atoms in total. The fraction of sp³-hybridized carbons (Fsp3) is 0. The van der Waals surface area contributed by atoms with Gasteiger partial charge >= 0.3 is 0 Å². The zero-order valence-corrected chi connectivity index (χ0v) is 33.7. The van der Waals surface area contributed by atoms with E-state index in [9.17, 15) is 0 Å². The van der Waals surface area contributed by atoms with Crippen molar-refractivity contribution in [3.63, 3.8) is 0 Å². The number of fused-ring (bicyclic) bond motifs is 20. The minimum atomic E-state index is 1.14. The van der Waals surface area contributed by atoms with Gasteiger partial charge in [-0.1, -0.05) is 158 Å². The lowest BCUT2D eigenvalue weighted by Crippen LogP contribution is -2.02. The van der Waals surface area contributed by atoms with Crippen LogP contribution in [0.1, 0.15) is 0 Å². The van der Waals surface area contributed by atoms with Gasteiger partial charge in [-0.25, -0.2) is 0 Å². The highest BCUT2D eigenvalue weighted by Crippen LogP contribution is 2.51. The number of rotatable bonds is 2. The number of hydrogen-bond donors (Lipinski definition) is 0. The molecule has 286 valence electrons. The summed E-state index contributed by atoms with van der Waals surface area (Å²) in [6.45, 7) is 0. The van der Waals surface area contributed by atoms with Crippen LogP contribution < -0.4 is 0 Å². The van der Waals surface area contributed by atoms with Gasteiger partial charge in [0, 0.05) is 32.9 Å². The van der Waals surface area contributed by atoms with Crippen LogP contribution in [-0.2, 0) is 0 Å². The Bertz CT molecular complexity index is 3940. The predicted octanol–water partition coefficient (Wildman–Crippen LogP) is 16.3. The molecule has 0 fully saturated rings. The Morgan fingerprint density at radius 2 is 0.435 bits per heavy atom. The molecule has 0 atom stereocenters. The van der Waals surface area contributed by atoms with Crippen LogP contribution in [0.3, 0.4) is 0 Å². The molecule has 0 spiro atoms. The molecule has 0 N–H and O–H groups in total. The minimum Gasteiger partial charge on any atom is -0.309 e. The molecule has 0 unspecified atom stereocenters. The van der Waals surface area contributed by atoms with Crippen molar-refractivity contribution in [1.29, 1.82) is 0 Å². The summed E-state index contributed by atoms with van der Waals surface area (Å²) in [6.07, 6.45) is 0. The van der Waals surface area contributed by atoms with Gasteiger partial charge in [-0.2, -0.15) is 0 Å². The van der Waals surface area contributed by atoms with Crippen LogP contribution in [0.5, 0.6) is 0 Å². The molecule has 13 aromatic rings. The number of hydrogen-bond acceptors (Lipinski definition) is 0. The van der Waals surface area contributed by atoms with Crippen molar-refractivity contribution in [3.05, 3.63) is 218 Å². The number of nitrogens with zero attached hydrogens (tertiary/aromatic N) is 2. The van der Waals surface area contributed by atoms with Crippen molar-refractivity contribution in [3.8, 4) is 55.9 Å². The zero-order valence-electron chi connectivity index (χ0n) is 33.7. The topological polar surface area (TPSA) is 9.86 Å². The van der Waals surface area contributed by atoms with Gasteiger partial charge in [0.15, 0.2) is 0 Å². The van der Waals surface area contributed by atoms with Crippen molar-refractivity contribution in [2.75, 3.05) is 0 Å². The van der Waals surface area contributed by atoms with E-state index in [1.54, 1.807) is 0 Å². The van der Waals surface area contributed by atoms with Crippen molar-refractivity contribution in [2.24, 2.45) is 0 Å². The van der Waals surface area contributed by atoms with Crippen molar-refractivity contribution >= 4 is 75.9 Å². The standard InChI is InChI=1S/C60H36N2/c1-3-17-41-39(15-1)40-16-2-4-18-42(40)54-36-56-46-32-30-38(62-59-27-13-9-23-49(59)50-24-10-14-28-60(50)62)34-52(46)45-31-29-37(33-51(45)43-19-5-6-20-44(43)55(56)35-53(41)54)61-57-25-11-7-21-47(57)48-22-8-12-26-58(48)61/h1-36H. The Hall–Kier alpha value is -8.20. The van der Waals surface area contributed by atoms with Gasteiger partial charge in [0.1, 0.15) is 0 Å². The molecule has 2 heteroatoms. The third-order valence-electron chi connectivity index (χ3n) is 13.7. The summed E-state index contributed by atoms with van der Waals surface area (Å²) in [5.41, 5.74) is 16.9. The van der Waals surface area contributed by atoms with Crippen molar-refractivity contribution in [2.45, 2.75) is 0 Å². The third-order valence-corrected chi connectivity index (χ3v) is 13.7. The van der Waals surface area contributed by atoms with E-state index in [1.165, 1.54) is 120 Å². The van der Waals surface area contributed by atoms with Gasteiger partial charge in [0.25, 0.3) is 0 Å². The first kappa shape index (κ1) is 33.6. The minimum absolute atomic E-state index is 1.14. The molecule has 0 bridgehead atoms. The average Bonchev–Trinajstić information content (AvgIpc) is 3.86. The summed E-state index contributed by atoms with van der Waals surface area (Å²) in [6, 6.07) is 81.5. The highest BCUT2D eigenvalue weighted by molar-refractivity contribution is 6.27. The number of benzene rings is 11. The van der Waals surface area contributed by atoms with Crippen LogP contribution in [0.15, 0.2) is 218 Å². The van der Waals surface area contributed by atoms with E-state index in [4.69, 9.17) is 0 Å². The lowest BCUT2D eigenvalue weighted by atomic mass is 9.79. The average molecular weight is 785 g/mol. The molecule has 1 aliphatic rings. The molecule has 0 amide bonds. The maximum Gasteiger partial charge on any atom is 0.0541 e. The van der Waals surface area contributed by atoms with E-state index in [0.717, 1.165) is 11.4 Å². The Kier molecular flexibility index (Phi) is 6.86. The monoisotopic (exact) mass is 784 g/mol. The third kappa shape index (κ3) is 4.58. The second-order valence-corrected chi connectivity index (χ2v) is 16.8. The molecule has 1 aliphatic carbocycles. The summed E-state index contributed by atoms with van der Waals surface area (Å²) in [4.78, 5) is 0. The maximum absolute atomic E-state index is 2.49. The molecule has 62 heavy (non-hydrogen) atoms. The Morgan fingerprint density at radius 3 is 0.790 bits per heavy atom. The molecule has 2 aromatic heterocycles. The maximum atomic E-state index is 2.49. The summed E-state index contributed by atoms with van der Waals surface area (Å²) in [5.74, 6) is 0. The predicted molar refractivity (Wildman–Crippen MR) is 263 cm³/mol. The summed E-state index contributed by atoms with van der Waals surface area (Å²) >= 11 is 0. The van der Waals surface area contributed by atoms with Gasteiger partial charge in [-0.05, 0) is 137 Å². The lowest BCUT2D eigenvalue weighted by Gasteiger charge is -2.26. The molecule has 0 saturated heterocycles. The van der Waals surface area contributed by atoms with E-state index in [0.29, 0.717) is 0 Å². The lowest BCUT2D eigenvalue weighted by molar-refractivity contribution is 1.18. The van der Waals surface area contributed by atoms with E-state index >= 15 is 0 Å². The van der Waals surface area contributed by atoms with E-state index in [2.05, 4.69) is 228 Å². The van der Waals surface area contributed by atoms with Gasteiger partial charge in [0.2, 0.25) is 0 Å². The largest absolute Gasteiger partial charge is 0.309 e. The molecule has 2 heterocycles. The Labute approximate surface area is 357 Å². The summed E-state index contributed by atoms with van der Waals surface area (Å²) < 4.78 is 4.89. The SMILES string of the molecule is c1ccc2c(c1)-c1cc(-n3c4ccccc4c4ccccc43)ccc1-c1cc(-n3c4ccccc4c4ccccc43)ccc1-c1cc3c4ccccc4c4ccccc4c3cc1-2. The molecule has 0 aliphatic heterocycles. The fourth-order valence-electron chi connectivity index (χ4n) is 11.0. The molecule has 11 aromatic carbocycles. The highest BCUT2D eigenvalue weighted by atomic mass is 15.0. The van der Waals surface area contributed by atoms with Gasteiger partial charge in [-0.15, -0.1) is 0 Å². The van der Waals surface area contributed by atoms with Crippen LogP contribution in [0.25, 0.3) is 132 Å². The van der Waals surface area contributed by atoms with Crippen molar-refractivity contribution in [1.82, 2.24) is 9.13 Å². The van der Waals surface area contributed by atoms with E-state index in [1.807, 2.05) is 0 Å². The van der Waals surface area contributed by atoms with E-state index in [-0.39, 0.29) is 0 Å². The summed E-state index contributed by atoms with van der Waals surface area (Å²) in [5, 5.41) is 12.7. The number of aromatic nitrogens is 2. The normalized spacial score (nSPS) is 12.2. The molecule has 0 radical (unpaired) electrons. The van der Waals surface area contributed by atoms with Gasteiger partial charge in [0.05, 0.1) is 22.1 Å². The van der Waals surface area contributed by atoms with Crippen LogP contribution in [0.4, 0.5) is 0 Å². The first-order valence-corrected chi connectivity index (χ1v) is 21.5. The van der Waals surface area contributed by atoms with Crippen LogP contribution in [-0.4, -0.2) is 9.13 Å². The van der Waals surface area contributed by atoms with Crippen LogP contribution >= 0.6 is 0 Å². The zero-order chi connectivity index (χ0) is 40.5. The second kappa shape index (κ2) is 12.7.